The zero-order chi connectivity index (χ0) is 22.7. The molecule has 7 nitrogen and oxygen atoms in total. The van der Waals surface area contributed by atoms with Gasteiger partial charge in [-0.3, -0.25) is 4.98 Å². The Kier molecular flexibility index (Phi) is 6.16. The van der Waals surface area contributed by atoms with E-state index in [0.29, 0.717) is 12.5 Å². The van der Waals surface area contributed by atoms with Crippen molar-refractivity contribution in [3.05, 3.63) is 77.0 Å². The van der Waals surface area contributed by atoms with Gasteiger partial charge in [0.05, 0.1) is 12.7 Å². The largest absolute Gasteiger partial charge is 0.488 e. The molecule has 164 valence electrons. The Hall–Kier alpha value is -3.74. The first-order valence-electron chi connectivity index (χ1n) is 10.7. The van der Waals surface area contributed by atoms with Crippen molar-refractivity contribution < 1.29 is 14.2 Å². The maximum atomic E-state index is 12.3. The Morgan fingerprint density at radius 3 is 2.69 bits per heavy atom. The van der Waals surface area contributed by atoms with Crippen LogP contribution in [0.25, 0.3) is 11.3 Å². The fourth-order valence-electron chi connectivity index (χ4n) is 3.80. The number of ether oxygens (including phenoxy) is 1. The van der Waals surface area contributed by atoms with E-state index in [1.807, 2.05) is 37.3 Å². The molecule has 0 unspecified atom stereocenters. The molecule has 0 bridgehead atoms. The van der Waals surface area contributed by atoms with Crippen molar-refractivity contribution in [3.63, 3.8) is 0 Å². The third kappa shape index (κ3) is 4.61. The van der Waals surface area contributed by atoms with Crippen molar-refractivity contribution in [1.29, 1.82) is 0 Å². The number of amides is 2. The number of nitrogens with two attached hydrogens (primary N) is 1. The number of carbonyl (C=O) groups excluding carboxylic acids is 1. The fourth-order valence-corrected chi connectivity index (χ4v) is 3.80. The van der Waals surface area contributed by atoms with E-state index < -0.39 is 6.03 Å². The summed E-state index contributed by atoms with van der Waals surface area (Å²) in [6, 6.07) is 15.6. The van der Waals surface area contributed by atoms with Crippen LogP contribution in [0.1, 0.15) is 41.0 Å². The van der Waals surface area contributed by atoms with Gasteiger partial charge in [-0.05, 0) is 79.6 Å². The highest BCUT2D eigenvalue weighted by Gasteiger charge is 2.28. The van der Waals surface area contributed by atoms with E-state index in [2.05, 4.69) is 40.6 Å². The fraction of sp³-hybridized carbons (Fsp3) is 0.280. The van der Waals surface area contributed by atoms with Gasteiger partial charge in [0.15, 0.2) is 0 Å². The number of nitrogens with zero attached hydrogens (tertiary/aromatic N) is 3. The van der Waals surface area contributed by atoms with Gasteiger partial charge in [-0.1, -0.05) is 18.2 Å². The summed E-state index contributed by atoms with van der Waals surface area (Å²) in [5, 5.41) is 6.32. The number of carbonyl (C=O) groups is 1. The number of anilines is 1. The number of aryl methyl sites for hydroxylation is 2. The van der Waals surface area contributed by atoms with Crippen LogP contribution in [0.2, 0.25) is 0 Å². The Bertz CT molecular complexity index is 1170. The van der Waals surface area contributed by atoms with Crippen LogP contribution in [0.15, 0.2) is 60.0 Å². The van der Waals surface area contributed by atoms with E-state index in [1.54, 1.807) is 6.20 Å². The molecule has 2 aromatic carbocycles. The highest BCUT2D eigenvalue weighted by molar-refractivity contribution is 5.84. The summed E-state index contributed by atoms with van der Waals surface area (Å²) in [5.41, 5.74) is 7.09. The SMILES string of the molecule is Cc1cc(-c2ccccn2)c(C)cc1OCc1c(NC(=O)/[N+](C)=N\N)cccc1C1CC1. The van der Waals surface area contributed by atoms with Gasteiger partial charge >= 0.3 is 6.03 Å². The summed E-state index contributed by atoms with van der Waals surface area (Å²) in [6.07, 6.45) is 4.10. The second kappa shape index (κ2) is 9.18. The predicted molar refractivity (Wildman–Crippen MR) is 124 cm³/mol. The molecule has 7 heteroatoms. The molecule has 1 aliphatic rings. The number of hydrogen-bond donors (Lipinski definition) is 2. The Morgan fingerprint density at radius 2 is 2.00 bits per heavy atom. The lowest BCUT2D eigenvalue weighted by Gasteiger charge is -2.17. The Balaban J connectivity index is 1.61. The number of pyridine rings is 1. The smallest absolute Gasteiger partial charge is 0.459 e. The number of benzene rings is 2. The molecule has 1 fully saturated rings. The number of urea groups is 1. The molecule has 0 aliphatic heterocycles. The van der Waals surface area contributed by atoms with Crippen LogP contribution in [-0.2, 0) is 6.61 Å². The van der Waals surface area contributed by atoms with Crippen molar-refractivity contribution in [2.24, 2.45) is 11.1 Å². The quantitative estimate of drug-likeness (QED) is 0.239. The molecule has 3 aromatic rings. The van der Waals surface area contributed by atoms with E-state index in [1.165, 1.54) is 12.6 Å². The molecule has 0 spiro atoms. The minimum absolute atomic E-state index is 0.356. The summed E-state index contributed by atoms with van der Waals surface area (Å²) >= 11 is 0. The normalized spacial score (nSPS) is 13.7. The first kappa shape index (κ1) is 21.5. The standard InChI is InChI=1S/C25H27N5O2/c1-16-14-24(17(2)13-20(16)22-8-4-5-12-27-22)32-15-21-19(18-10-11-18)7-6-9-23(21)28-25(31)30(3)29-26/h4-9,12-14,18,26H,10-11,15H2,1-3H3,(H,28,31)/p+1. The van der Waals surface area contributed by atoms with Crippen molar-refractivity contribution >= 4 is 11.7 Å². The first-order chi connectivity index (χ1) is 15.5. The van der Waals surface area contributed by atoms with E-state index in [-0.39, 0.29) is 0 Å². The number of aromatic nitrogens is 1. The first-order valence-corrected chi connectivity index (χ1v) is 10.7. The lowest BCUT2D eigenvalue weighted by molar-refractivity contribution is -0.466. The molecule has 1 saturated carbocycles. The molecule has 0 atom stereocenters. The maximum Gasteiger partial charge on any atom is 0.459 e. The molecule has 2 amide bonds. The lowest BCUT2D eigenvalue weighted by Crippen LogP contribution is -2.24. The van der Waals surface area contributed by atoms with Gasteiger partial charge in [0, 0.05) is 22.5 Å². The Labute approximate surface area is 187 Å². The molecule has 32 heavy (non-hydrogen) atoms. The van der Waals surface area contributed by atoms with Crippen LogP contribution in [0.4, 0.5) is 10.5 Å². The number of hydrogen-bond acceptors (Lipinski definition) is 4. The second-order valence-corrected chi connectivity index (χ2v) is 8.15. The van der Waals surface area contributed by atoms with Gasteiger partial charge in [-0.2, -0.15) is 0 Å². The van der Waals surface area contributed by atoms with Crippen molar-refractivity contribution in [3.8, 4) is 17.0 Å². The van der Waals surface area contributed by atoms with E-state index in [4.69, 9.17) is 10.6 Å². The minimum atomic E-state index is -0.395. The van der Waals surface area contributed by atoms with Crippen molar-refractivity contribution in [2.75, 3.05) is 12.4 Å². The number of nitrogens with one attached hydrogen (secondary N) is 1. The van der Waals surface area contributed by atoms with Crippen LogP contribution in [-0.4, -0.2) is 22.8 Å². The number of rotatable bonds is 6. The van der Waals surface area contributed by atoms with E-state index in [9.17, 15) is 4.79 Å². The average Bonchev–Trinajstić information content (AvgIpc) is 3.65. The van der Waals surface area contributed by atoms with Crippen molar-refractivity contribution in [2.45, 2.75) is 39.2 Å². The Morgan fingerprint density at radius 1 is 1.19 bits per heavy atom. The monoisotopic (exact) mass is 430 g/mol. The van der Waals surface area contributed by atoms with Crippen LogP contribution >= 0.6 is 0 Å². The van der Waals surface area contributed by atoms with Gasteiger partial charge in [0.25, 0.3) is 0 Å². The van der Waals surface area contributed by atoms with Crippen LogP contribution in [0.5, 0.6) is 5.75 Å². The molecule has 1 aliphatic carbocycles. The van der Waals surface area contributed by atoms with Gasteiger partial charge in [0.1, 0.15) is 18.0 Å². The van der Waals surface area contributed by atoms with Gasteiger partial charge in [0.2, 0.25) is 0 Å². The molecule has 1 aromatic heterocycles. The minimum Gasteiger partial charge on any atom is -0.488 e. The van der Waals surface area contributed by atoms with Gasteiger partial charge in [-0.15, -0.1) is 4.70 Å². The van der Waals surface area contributed by atoms with Crippen LogP contribution in [0, 0.1) is 13.8 Å². The third-order valence-corrected chi connectivity index (χ3v) is 5.77. The van der Waals surface area contributed by atoms with Crippen LogP contribution < -0.4 is 15.9 Å². The molecule has 4 rings (SSSR count). The maximum absolute atomic E-state index is 12.3. The molecular weight excluding hydrogens is 402 g/mol. The average molecular weight is 431 g/mol. The second-order valence-electron chi connectivity index (χ2n) is 8.15. The van der Waals surface area contributed by atoms with Gasteiger partial charge in [-0.25, -0.2) is 16.0 Å². The van der Waals surface area contributed by atoms with Crippen molar-refractivity contribution in [1.82, 2.24) is 4.98 Å². The molecule has 0 radical (unpaired) electrons. The summed E-state index contributed by atoms with van der Waals surface area (Å²) in [7, 11) is 1.51. The van der Waals surface area contributed by atoms with E-state index in [0.717, 1.165) is 56.9 Å². The summed E-state index contributed by atoms with van der Waals surface area (Å²) < 4.78 is 7.36. The highest BCUT2D eigenvalue weighted by atomic mass is 16.5. The van der Waals surface area contributed by atoms with Gasteiger partial charge < -0.3 is 4.74 Å². The highest BCUT2D eigenvalue weighted by Crippen LogP contribution is 2.43. The predicted octanol–water partition coefficient (Wildman–Crippen LogP) is 5.32. The third-order valence-electron chi connectivity index (χ3n) is 5.77. The van der Waals surface area contributed by atoms with Crippen LogP contribution in [0.3, 0.4) is 0 Å². The summed E-state index contributed by atoms with van der Waals surface area (Å²) in [4.78, 5) is 16.8. The molecule has 3 N–H and O–H groups in total. The zero-order valence-corrected chi connectivity index (χ0v) is 18.6. The van der Waals surface area contributed by atoms with E-state index >= 15 is 0 Å². The molecule has 1 heterocycles. The molecular formula is C25H28N5O2+. The summed E-state index contributed by atoms with van der Waals surface area (Å²) in [6.45, 7) is 4.45. The summed E-state index contributed by atoms with van der Waals surface area (Å²) in [5.74, 6) is 6.56. The lowest BCUT2D eigenvalue weighted by atomic mass is 10.0. The topological polar surface area (TPSA) is 92.6 Å². The zero-order valence-electron chi connectivity index (χ0n) is 18.6. The molecule has 0 saturated heterocycles.